The summed E-state index contributed by atoms with van der Waals surface area (Å²) in [4.78, 5) is 23.8. The minimum Gasteiger partial charge on any atom is -0.299 e. The predicted molar refractivity (Wildman–Crippen MR) is 72.9 cm³/mol. The van der Waals surface area contributed by atoms with Crippen molar-refractivity contribution < 1.29 is 0 Å². The van der Waals surface area contributed by atoms with Crippen molar-refractivity contribution in [1.82, 2.24) is 9.13 Å². The molecule has 0 aromatic carbocycles. The highest BCUT2D eigenvalue weighted by Gasteiger charge is 2.08. The maximum absolute atomic E-state index is 12.0. The molecule has 0 aliphatic heterocycles. The second kappa shape index (κ2) is 6.22. The number of unbranched alkanes of at least 4 members (excludes halogenated alkanes) is 1. The summed E-state index contributed by atoms with van der Waals surface area (Å²) >= 11 is 1.99. The largest absolute Gasteiger partial charge is 0.331 e. The number of nitrogens with zero attached hydrogens (tertiary/aromatic N) is 2. The van der Waals surface area contributed by atoms with Crippen LogP contribution in [0.4, 0.5) is 0 Å². The number of aromatic nitrogens is 2. The van der Waals surface area contributed by atoms with E-state index < -0.39 is 0 Å². The van der Waals surface area contributed by atoms with Crippen LogP contribution >= 0.6 is 22.6 Å². The van der Waals surface area contributed by atoms with Crippen LogP contribution in [0.1, 0.15) is 33.1 Å². The van der Waals surface area contributed by atoms with Gasteiger partial charge in [0.15, 0.2) is 0 Å². The normalized spacial score (nSPS) is 10.7. The molecule has 0 saturated heterocycles. The Bertz CT molecular complexity index is 462. The lowest BCUT2D eigenvalue weighted by Crippen LogP contribution is -2.40. The fourth-order valence-electron chi connectivity index (χ4n) is 1.53. The molecule has 4 nitrogen and oxygen atoms in total. The van der Waals surface area contributed by atoms with E-state index in [9.17, 15) is 9.59 Å². The van der Waals surface area contributed by atoms with Gasteiger partial charge in [0.05, 0.1) is 3.57 Å². The molecule has 0 fully saturated rings. The smallest absolute Gasteiger partial charge is 0.299 e. The maximum Gasteiger partial charge on any atom is 0.331 e. The molecule has 0 aliphatic rings. The van der Waals surface area contributed by atoms with Gasteiger partial charge >= 0.3 is 5.69 Å². The van der Waals surface area contributed by atoms with Gasteiger partial charge in [0.1, 0.15) is 0 Å². The van der Waals surface area contributed by atoms with E-state index in [-0.39, 0.29) is 11.2 Å². The summed E-state index contributed by atoms with van der Waals surface area (Å²) in [6, 6.07) is 0. The molecule has 0 saturated carbocycles. The molecule has 5 heteroatoms. The zero-order chi connectivity index (χ0) is 12.1. The predicted octanol–water partition coefficient (Wildman–Crippen LogP) is 1.82. The van der Waals surface area contributed by atoms with Crippen LogP contribution in [0.3, 0.4) is 0 Å². The van der Waals surface area contributed by atoms with E-state index in [0.29, 0.717) is 16.7 Å². The number of hydrogen-bond donors (Lipinski definition) is 0. The van der Waals surface area contributed by atoms with Gasteiger partial charge in [-0.15, -0.1) is 0 Å². The third-order valence-electron chi connectivity index (χ3n) is 2.40. The lowest BCUT2D eigenvalue weighted by Gasteiger charge is -2.09. The number of hydrogen-bond acceptors (Lipinski definition) is 2. The third-order valence-corrected chi connectivity index (χ3v) is 3.13. The topological polar surface area (TPSA) is 44.0 Å². The number of rotatable bonds is 5. The van der Waals surface area contributed by atoms with Crippen LogP contribution in [0, 0.1) is 3.57 Å². The van der Waals surface area contributed by atoms with Gasteiger partial charge in [-0.3, -0.25) is 13.9 Å². The zero-order valence-electron chi connectivity index (χ0n) is 9.70. The van der Waals surface area contributed by atoms with Crippen LogP contribution in [0.15, 0.2) is 15.8 Å². The highest BCUT2D eigenvalue weighted by molar-refractivity contribution is 14.1. The summed E-state index contributed by atoms with van der Waals surface area (Å²) in [5.41, 5.74) is -0.341. The van der Waals surface area contributed by atoms with E-state index in [4.69, 9.17) is 0 Å². The van der Waals surface area contributed by atoms with E-state index in [0.717, 1.165) is 19.3 Å². The van der Waals surface area contributed by atoms with Gasteiger partial charge in [-0.1, -0.05) is 20.3 Å². The van der Waals surface area contributed by atoms with E-state index >= 15 is 0 Å². The van der Waals surface area contributed by atoms with Crippen molar-refractivity contribution in [3.05, 3.63) is 30.6 Å². The van der Waals surface area contributed by atoms with Gasteiger partial charge in [0, 0.05) is 19.3 Å². The maximum atomic E-state index is 12.0. The Balaban J connectivity index is 3.23. The molecule has 0 bridgehead atoms. The Morgan fingerprint density at radius 1 is 1.19 bits per heavy atom. The van der Waals surface area contributed by atoms with Crippen molar-refractivity contribution >= 4 is 22.6 Å². The van der Waals surface area contributed by atoms with E-state index in [1.54, 1.807) is 10.8 Å². The lowest BCUT2D eigenvalue weighted by molar-refractivity contribution is 0.523. The average molecular weight is 336 g/mol. The number of aryl methyl sites for hydroxylation is 1. The van der Waals surface area contributed by atoms with Crippen LogP contribution < -0.4 is 11.2 Å². The van der Waals surface area contributed by atoms with Crippen molar-refractivity contribution in [3.63, 3.8) is 0 Å². The molecule has 1 aromatic heterocycles. The molecule has 1 rings (SSSR count). The standard InChI is InChI=1S/C11H17IN2O2/c1-3-5-7-14-10(15)9(12)8-13(6-4-2)11(14)16/h8H,3-7H2,1-2H3. The minimum atomic E-state index is -0.180. The fraction of sp³-hybridized carbons (Fsp3) is 0.636. The van der Waals surface area contributed by atoms with Crippen LogP contribution in [0.25, 0.3) is 0 Å². The van der Waals surface area contributed by atoms with Crippen molar-refractivity contribution in [1.29, 1.82) is 0 Å². The van der Waals surface area contributed by atoms with Crippen molar-refractivity contribution in [2.75, 3.05) is 0 Å². The van der Waals surface area contributed by atoms with Gasteiger partial charge in [-0.05, 0) is 35.4 Å². The molecule has 1 aromatic rings. The molecule has 0 amide bonds. The molecule has 1 heterocycles. The molecule has 0 N–H and O–H groups in total. The summed E-state index contributed by atoms with van der Waals surface area (Å²) in [5, 5.41) is 0. The van der Waals surface area contributed by atoms with Gasteiger partial charge in [-0.25, -0.2) is 4.79 Å². The molecule has 16 heavy (non-hydrogen) atoms. The quantitative estimate of drug-likeness (QED) is 0.770. The Hall–Kier alpha value is -0.590. The first-order valence-electron chi connectivity index (χ1n) is 5.61. The third kappa shape index (κ3) is 2.96. The first-order chi connectivity index (χ1) is 7.61. The van der Waals surface area contributed by atoms with Crippen LogP contribution in [-0.2, 0) is 13.1 Å². The molecule has 0 unspecified atom stereocenters. The Morgan fingerprint density at radius 2 is 1.88 bits per heavy atom. The molecule has 0 radical (unpaired) electrons. The molecular weight excluding hydrogens is 319 g/mol. The summed E-state index contributed by atoms with van der Waals surface area (Å²) < 4.78 is 3.58. The number of halogens is 1. The SMILES string of the molecule is CCCCn1c(=O)c(I)cn(CCC)c1=O. The summed E-state index contributed by atoms with van der Waals surface area (Å²) in [5.74, 6) is 0. The van der Waals surface area contributed by atoms with Gasteiger partial charge in [0.2, 0.25) is 0 Å². The Morgan fingerprint density at radius 3 is 2.44 bits per heavy atom. The molecule has 0 spiro atoms. The van der Waals surface area contributed by atoms with E-state index in [1.807, 2.05) is 36.4 Å². The summed E-state index contributed by atoms with van der Waals surface area (Å²) in [7, 11) is 0. The highest BCUT2D eigenvalue weighted by atomic mass is 127. The zero-order valence-corrected chi connectivity index (χ0v) is 11.9. The molecule has 0 atom stereocenters. The average Bonchev–Trinajstić information content (AvgIpc) is 2.26. The van der Waals surface area contributed by atoms with Gasteiger partial charge in [0.25, 0.3) is 5.56 Å². The second-order valence-corrected chi connectivity index (χ2v) is 4.93. The van der Waals surface area contributed by atoms with E-state index in [2.05, 4.69) is 0 Å². The minimum absolute atomic E-state index is 0.161. The Labute approximate surface area is 108 Å². The van der Waals surface area contributed by atoms with Gasteiger partial charge < -0.3 is 0 Å². The molecule has 90 valence electrons. The summed E-state index contributed by atoms with van der Waals surface area (Å²) in [6.45, 7) is 5.25. The highest BCUT2D eigenvalue weighted by Crippen LogP contribution is 1.97. The van der Waals surface area contributed by atoms with Crippen LogP contribution in [0.2, 0.25) is 0 Å². The lowest BCUT2D eigenvalue weighted by atomic mass is 10.3. The van der Waals surface area contributed by atoms with Crippen molar-refractivity contribution in [2.24, 2.45) is 0 Å². The van der Waals surface area contributed by atoms with Gasteiger partial charge in [-0.2, -0.15) is 0 Å². The molecule has 0 aliphatic carbocycles. The Kier molecular flexibility index (Phi) is 5.24. The van der Waals surface area contributed by atoms with Crippen molar-refractivity contribution in [3.8, 4) is 0 Å². The second-order valence-electron chi connectivity index (χ2n) is 3.76. The molecular formula is C11H17IN2O2. The summed E-state index contributed by atoms with van der Waals surface area (Å²) in [6.07, 6.45) is 4.38. The first-order valence-corrected chi connectivity index (χ1v) is 6.69. The van der Waals surface area contributed by atoms with E-state index in [1.165, 1.54) is 4.57 Å². The van der Waals surface area contributed by atoms with Crippen molar-refractivity contribution in [2.45, 2.75) is 46.2 Å². The first kappa shape index (κ1) is 13.5. The monoisotopic (exact) mass is 336 g/mol. The fourth-order valence-corrected chi connectivity index (χ4v) is 2.16. The van der Waals surface area contributed by atoms with Crippen LogP contribution in [0.5, 0.6) is 0 Å². The van der Waals surface area contributed by atoms with Crippen LogP contribution in [-0.4, -0.2) is 9.13 Å².